The van der Waals surface area contributed by atoms with Crippen molar-refractivity contribution >= 4 is 16.5 Å². The highest BCUT2D eigenvalue weighted by atomic mass is 32.1. The Balaban J connectivity index is 2.06. The molecule has 2 aromatic rings. The Morgan fingerprint density at radius 1 is 1.39 bits per heavy atom. The maximum absolute atomic E-state index is 12.4. The molecule has 0 aliphatic heterocycles. The van der Waals surface area contributed by atoms with Crippen molar-refractivity contribution in [2.24, 2.45) is 0 Å². The molecule has 1 N–H and O–H groups in total. The lowest BCUT2D eigenvalue weighted by Gasteiger charge is -2.00. The lowest BCUT2D eigenvalue weighted by Crippen LogP contribution is -2.03. The lowest BCUT2D eigenvalue weighted by atomic mass is 10.4. The van der Waals surface area contributed by atoms with E-state index < -0.39 is 11.7 Å². The maximum atomic E-state index is 12.4. The van der Waals surface area contributed by atoms with Crippen molar-refractivity contribution in [1.29, 1.82) is 0 Å². The molecule has 0 bridgehead atoms. The first-order valence-electron chi connectivity index (χ1n) is 5.15. The van der Waals surface area contributed by atoms with Crippen LogP contribution in [-0.2, 0) is 12.7 Å². The molecule has 0 amide bonds. The summed E-state index contributed by atoms with van der Waals surface area (Å²) in [5, 5.41) is 15.6. The van der Waals surface area contributed by atoms with Crippen molar-refractivity contribution in [3.05, 3.63) is 23.0 Å². The van der Waals surface area contributed by atoms with Crippen LogP contribution in [0.4, 0.5) is 18.3 Å². The summed E-state index contributed by atoms with van der Waals surface area (Å²) in [7, 11) is 0. The van der Waals surface area contributed by atoms with Gasteiger partial charge in [-0.3, -0.25) is 4.68 Å². The average Bonchev–Trinajstić information content (AvgIpc) is 2.88. The second-order valence-corrected chi connectivity index (χ2v) is 4.52. The van der Waals surface area contributed by atoms with Gasteiger partial charge in [0.1, 0.15) is 5.01 Å². The lowest BCUT2D eigenvalue weighted by molar-refractivity contribution is -0.137. The van der Waals surface area contributed by atoms with Gasteiger partial charge in [0.15, 0.2) is 0 Å². The highest BCUT2D eigenvalue weighted by Gasteiger charge is 2.32. The van der Waals surface area contributed by atoms with Crippen molar-refractivity contribution in [3.63, 3.8) is 0 Å². The van der Waals surface area contributed by atoms with Gasteiger partial charge in [-0.05, 0) is 6.92 Å². The van der Waals surface area contributed by atoms with Gasteiger partial charge in [0.05, 0.1) is 18.3 Å². The molecule has 0 unspecified atom stereocenters. The number of nitrogens with zero attached hydrogens (tertiary/aromatic N) is 4. The SMILES string of the molecule is CCNc1nnc(Cn2cc(C(F)(F)F)cn2)s1. The topological polar surface area (TPSA) is 55.6 Å². The molecule has 5 nitrogen and oxygen atoms in total. The Kier molecular flexibility index (Phi) is 3.50. The van der Waals surface area contributed by atoms with E-state index in [0.29, 0.717) is 16.7 Å². The van der Waals surface area contributed by atoms with E-state index in [2.05, 4.69) is 20.6 Å². The summed E-state index contributed by atoms with van der Waals surface area (Å²) < 4.78 is 38.3. The van der Waals surface area contributed by atoms with E-state index in [9.17, 15) is 13.2 Å². The van der Waals surface area contributed by atoms with Gasteiger partial charge in [-0.2, -0.15) is 18.3 Å². The van der Waals surface area contributed by atoms with Gasteiger partial charge >= 0.3 is 6.18 Å². The molecule has 9 heteroatoms. The Labute approximate surface area is 105 Å². The highest BCUT2D eigenvalue weighted by Crippen LogP contribution is 2.28. The zero-order chi connectivity index (χ0) is 13.2. The molecule has 0 saturated heterocycles. The third-order valence-corrected chi connectivity index (χ3v) is 2.92. The van der Waals surface area contributed by atoms with Gasteiger partial charge in [-0.1, -0.05) is 11.3 Å². The van der Waals surface area contributed by atoms with Crippen LogP contribution >= 0.6 is 11.3 Å². The van der Waals surface area contributed by atoms with Crippen LogP contribution in [0.5, 0.6) is 0 Å². The van der Waals surface area contributed by atoms with Crippen molar-refractivity contribution in [2.45, 2.75) is 19.6 Å². The van der Waals surface area contributed by atoms with Crippen LogP contribution in [0.25, 0.3) is 0 Å². The van der Waals surface area contributed by atoms with Crippen molar-refractivity contribution in [1.82, 2.24) is 20.0 Å². The molecule has 0 aromatic carbocycles. The Hall–Kier alpha value is -1.64. The third-order valence-electron chi connectivity index (χ3n) is 2.05. The van der Waals surface area contributed by atoms with E-state index in [1.54, 1.807) is 0 Å². The number of hydrogen-bond acceptors (Lipinski definition) is 5. The van der Waals surface area contributed by atoms with E-state index in [-0.39, 0.29) is 6.54 Å². The minimum atomic E-state index is -4.37. The predicted octanol–water partition coefficient (Wildman–Crippen LogP) is 2.23. The Morgan fingerprint density at radius 3 is 2.78 bits per heavy atom. The molecule has 0 aliphatic rings. The average molecular weight is 277 g/mol. The van der Waals surface area contributed by atoms with Gasteiger partial charge < -0.3 is 5.32 Å². The number of alkyl halides is 3. The second-order valence-electron chi connectivity index (χ2n) is 3.46. The molecule has 2 rings (SSSR count). The van der Waals surface area contributed by atoms with Crippen molar-refractivity contribution in [2.75, 3.05) is 11.9 Å². The summed E-state index contributed by atoms with van der Waals surface area (Å²) in [6.07, 6.45) is -2.62. The Bertz CT molecular complexity index is 518. The van der Waals surface area contributed by atoms with Gasteiger partial charge in [0.25, 0.3) is 0 Å². The molecule has 2 aromatic heterocycles. The molecular weight excluding hydrogens is 267 g/mol. The van der Waals surface area contributed by atoms with Gasteiger partial charge in [0.2, 0.25) is 5.13 Å². The number of rotatable bonds is 4. The fourth-order valence-electron chi connectivity index (χ4n) is 1.28. The molecule has 0 aliphatic carbocycles. The molecule has 2 heterocycles. The fraction of sp³-hybridized carbons (Fsp3) is 0.444. The largest absolute Gasteiger partial charge is 0.419 e. The molecular formula is C9H10F3N5S. The van der Waals surface area contributed by atoms with E-state index in [1.165, 1.54) is 16.0 Å². The zero-order valence-electron chi connectivity index (χ0n) is 9.40. The van der Waals surface area contributed by atoms with Crippen LogP contribution in [0.3, 0.4) is 0 Å². The van der Waals surface area contributed by atoms with Crippen molar-refractivity contribution < 1.29 is 13.2 Å². The van der Waals surface area contributed by atoms with Crippen LogP contribution in [0.1, 0.15) is 17.5 Å². The summed E-state index contributed by atoms with van der Waals surface area (Å²) in [6.45, 7) is 2.82. The number of nitrogens with one attached hydrogen (secondary N) is 1. The first-order valence-corrected chi connectivity index (χ1v) is 5.96. The van der Waals surface area contributed by atoms with Gasteiger partial charge in [-0.15, -0.1) is 10.2 Å². The molecule has 0 spiro atoms. The number of aromatic nitrogens is 4. The normalized spacial score (nSPS) is 11.8. The van der Waals surface area contributed by atoms with E-state index >= 15 is 0 Å². The molecule has 0 saturated carbocycles. The molecule has 0 fully saturated rings. The fourth-order valence-corrected chi connectivity index (χ4v) is 2.07. The molecule has 0 radical (unpaired) electrons. The van der Waals surface area contributed by atoms with E-state index in [1.807, 2.05) is 6.92 Å². The smallest absolute Gasteiger partial charge is 0.360 e. The van der Waals surface area contributed by atoms with Crippen LogP contribution in [-0.4, -0.2) is 26.5 Å². The van der Waals surface area contributed by atoms with Crippen LogP contribution < -0.4 is 5.32 Å². The van der Waals surface area contributed by atoms with Crippen LogP contribution in [0, 0.1) is 0 Å². The third kappa shape index (κ3) is 2.97. The highest BCUT2D eigenvalue weighted by molar-refractivity contribution is 7.15. The summed E-state index contributed by atoms with van der Waals surface area (Å²) in [5.74, 6) is 0. The first-order chi connectivity index (χ1) is 8.49. The first kappa shape index (κ1) is 12.8. The number of anilines is 1. The summed E-state index contributed by atoms with van der Waals surface area (Å²) in [4.78, 5) is 0. The molecule has 18 heavy (non-hydrogen) atoms. The quantitative estimate of drug-likeness (QED) is 0.931. The maximum Gasteiger partial charge on any atom is 0.419 e. The second kappa shape index (κ2) is 4.92. The zero-order valence-corrected chi connectivity index (χ0v) is 10.2. The number of hydrogen-bond donors (Lipinski definition) is 1. The summed E-state index contributed by atoms with van der Waals surface area (Å²) >= 11 is 1.29. The minimum Gasteiger partial charge on any atom is -0.360 e. The predicted molar refractivity (Wildman–Crippen MR) is 60.4 cm³/mol. The Morgan fingerprint density at radius 2 is 2.17 bits per heavy atom. The molecule has 98 valence electrons. The van der Waals surface area contributed by atoms with E-state index in [4.69, 9.17) is 0 Å². The van der Waals surface area contributed by atoms with Gasteiger partial charge in [-0.25, -0.2) is 0 Å². The van der Waals surface area contributed by atoms with E-state index in [0.717, 1.165) is 12.4 Å². The minimum absolute atomic E-state index is 0.180. The number of halogens is 3. The van der Waals surface area contributed by atoms with Gasteiger partial charge in [0, 0.05) is 12.7 Å². The standard InChI is InChI=1S/C9H10F3N5S/c1-2-13-8-16-15-7(18-8)5-17-4-6(3-14-17)9(10,11)12/h3-4H,2,5H2,1H3,(H,13,16). The van der Waals surface area contributed by atoms with Crippen molar-refractivity contribution in [3.8, 4) is 0 Å². The summed E-state index contributed by atoms with van der Waals surface area (Å²) in [6, 6.07) is 0. The van der Waals surface area contributed by atoms with Crippen LogP contribution in [0.15, 0.2) is 12.4 Å². The molecule has 0 atom stereocenters. The monoisotopic (exact) mass is 277 g/mol. The van der Waals surface area contributed by atoms with Crippen LogP contribution in [0.2, 0.25) is 0 Å². The summed E-state index contributed by atoms with van der Waals surface area (Å²) in [5.41, 5.74) is -0.765.